The third kappa shape index (κ3) is 5.95. The maximum Gasteiger partial charge on any atom is 0.226 e. The molecule has 2 aromatic rings. The number of carbonyl (C=O) groups excluding carboxylic acids is 3. The molecule has 0 aliphatic carbocycles. The molecular weight excluding hydrogens is 342 g/mol. The Morgan fingerprint density at radius 2 is 1.56 bits per heavy atom. The molecule has 0 bridgehead atoms. The van der Waals surface area contributed by atoms with Crippen molar-refractivity contribution < 1.29 is 14.4 Å². The summed E-state index contributed by atoms with van der Waals surface area (Å²) >= 11 is 0. The van der Waals surface area contributed by atoms with Gasteiger partial charge in [-0.15, -0.1) is 0 Å². The quantitative estimate of drug-likeness (QED) is 0.818. The largest absolute Gasteiger partial charge is 0.326 e. The lowest BCUT2D eigenvalue weighted by atomic mass is 10.1. The van der Waals surface area contributed by atoms with Crippen LogP contribution in [0.15, 0.2) is 42.5 Å². The summed E-state index contributed by atoms with van der Waals surface area (Å²) in [5, 5.41) is 5.47. The van der Waals surface area contributed by atoms with Gasteiger partial charge in [0, 0.05) is 43.9 Å². The summed E-state index contributed by atoms with van der Waals surface area (Å²) in [6, 6.07) is 12.7. The van der Waals surface area contributed by atoms with E-state index in [4.69, 9.17) is 0 Å². The standard InChI is InChI=1S/C21H25N3O3/c1-14-8-9-20(12-15(14)2)24(17(4)26)11-10-21(27)23-19-7-5-6-18(13-19)22-16(3)25/h5-9,12-13H,10-11H2,1-4H3,(H,22,25)(H,23,27). The van der Waals surface area contributed by atoms with Crippen molar-refractivity contribution in [2.45, 2.75) is 34.1 Å². The molecule has 0 unspecified atom stereocenters. The van der Waals surface area contributed by atoms with E-state index >= 15 is 0 Å². The van der Waals surface area contributed by atoms with Crippen LogP contribution in [-0.4, -0.2) is 24.3 Å². The maximum atomic E-state index is 12.3. The topological polar surface area (TPSA) is 78.5 Å². The second kappa shape index (κ2) is 8.98. The first-order valence-electron chi connectivity index (χ1n) is 8.79. The predicted octanol–water partition coefficient (Wildman–Crippen LogP) is 3.64. The lowest BCUT2D eigenvalue weighted by Gasteiger charge is -2.22. The minimum atomic E-state index is -0.204. The van der Waals surface area contributed by atoms with Gasteiger partial charge in [0.2, 0.25) is 17.7 Å². The van der Waals surface area contributed by atoms with Gasteiger partial charge in [0.1, 0.15) is 0 Å². The van der Waals surface area contributed by atoms with Crippen LogP contribution in [0.25, 0.3) is 0 Å². The number of benzene rings is 2. The highest BCUT2D eigenvalue weighted by Crippen LogP contribution is 2.20. The van der Waals surface area contributed by atoms with Gasteiger partial charge in [-0.2, -0.15) is 0 Å². The molecule has 6 heteroatoms. The van der Waals surface area contributed by atoms with Crippen LogP contribution in [0, 0.1) is 13.8 Å². The third-order valence-corrected chi connectivity index (χ3v) is 4.21. The van der Waals surface area contributed by atoms with Crippen molar-refractivity contribution in [1.82, 2.24) is 0 Å². The minimum Gasteiger partial charge on any atom is -0.326 e. The van der Waals surface area contributed by atoms with Crippen LogP contribution in [0.1, 0.15) is 31.4 Å². The summed E-state index contributed by atoms with van der Waals surface area (Å²) < 4.78 is 0. The molecule has 2 rings (SSSR count). The summed E-state index contributed by atoms with van der Waals surface area (Å²) in [5.74, 6) is -0.493. The van der Waals surface area contributed by atoms with Crippen LogP contribution < -0.4 is 15.5 Å². The Hall–Kier alpha value is -3.15. The molecule has 0 spiro atoms. The van der Waals surface area contributed by atoms with Gasteiger partial charge in [-0.25, -0.2) is 0 Å². The van der Waals surface area contributed by atoms with Gasteiger partial charge in [-0.3, -0.25) is 14.4 Å². The number of hydrogen-bond donors (Lipinski definition) is 2. The molecule has 6 nitrogen and oxygen atoms in total. The number of nitrogens with zero attached hydrogens (tertiary/aromatic N) is 1. The molecule has 0 heterocycles. The number of rotatable bonds is 6. The smallest absolute Gasteiger partial charge is 0.226 e. The summed E-state index contributed by atoms with van der Waals surface area (Å²) in [7, 11) is 0. The molecule has 2 N–H and O–H groups in total. The van der Waals surface area contributed by atoms with Crippen molar-refractivity contribution in [2.24, 2.45) is 0 Å². The summed E-state index contributed by atoms with van der Waals surface area (Å²) in [5.41, 5.74) is 4.23. The zero-order chi connectivity index (χ0) is 20.0. The molecule has 27 heavy (non-hydrogen) atoms. The van der Waals surface area contributed by atoms with E-state index in [2.05, 4.69) is 10.6 Å². The molecule has 0 aromatic heterocycles. The fourth-order valence-electron chi connectivity index (χ4n) is 2.68. The molecule has 0 saturated heterocycles. The highest BCUT2D eigenvalue weighted by molar-refractivity contribution is 5.95. The van der Waals surface area contributed by atoms with Crippen molar-refractivity contribution in [3.8, 4) is 0 Å². The Kier molecular flexibility index (Phi) is 6.71. The molecular formula is C21H25N3O3. The van der Waals surface area contributed by atoms with E-state index in [1.165, 1.54) is 13.8 Å². The van der Waals surface area contributed by atoms with Crippen LogP contribution in [0.2, 0.25) is 0 Å². The predicted molar refractivity (Wildman–Crippen MR) is 108 cm³/mol. The van der Waals surface area contributed by atoms with E-state index in [0.717, 1.165) is 16.8 Å². The van der Waals surface area contributed by atoms with Crippen LogP contribution >= 0.6 is 0 Å². The zero-order valence-electron chi connectivity index (χ0n) is 16.1. The maximum absolute atomic E-state index is 12.3. The number of nitrogens with one attached hydrogen (secondary N) is 2. The summed E-state index contributed by atoms with van der Waals surface area (Å²) in [6.45, 7) is 7.21. The van der Waals surface area contributed by atoms with Gasteiger partial charge in [-0.05, 0) is 55.3 Å². The highest BCUT2D eigenvalue weighted by Gasteiger charge is 2.14. The van der Waals surface area contributed by atoms with Crippen LogP contribution in [0.4, 0.5) is 17.1 Å². The Morgan fingerprint density at radius 1 is 0.889 bits per heavy atom. The van der Waals surface area contributed by atoms with Crippen LogP contribution in [0.5, 0.6) is 0 Å². The molecule has 0 aliphatic rings. The lowest BCUT2D eigenvalue weighted by molar-refractivity contribution is -0.117. The van der Waals surface area contributed by atoms with E-state index in [1.807, 2.05) is 32.0 Å². The molecule has 142 valence electrons. The normalized spacial score (nSPS) is 10.2. The first-order valence-corrected chi connectivity index (χ1v) is 8.79. The number of amides is 3. The average molecular weight is 367 g/mol. The Morgan fingerprint density at radius 3 is 2.15 bits per heavy atom. The Bertz CT molecular complexity index is 862. The molecule has 0 atom stereocenters. The number of anilines is 3. The first-order chi connectivity index (χ1) is 12.8. The van der Waals surface area contributed by atoms with Gasteiger partial charge >= 0.3 is 0 Å². The van der Waals surface area contributed by atoms with Crippen LogP contribution in [-0.2, 0) is 14.4 Å². The van der Waals surface area contributed by atoms with Crippen molar-refractivity contribution in [3.63, 3.8) is 0 Å². The summed E-state index contributed by atoms with van der Waals surface area (Å²) in [4.78, 5) is 37.0. The van der Waals surface area contributed by atoms with Gasteiger partial charge in [0.15, 0.2) is 0 Å². The highest BCUT2D eigenvalue weighted by atomic mass is 16.2. The second-order valence-corrected chi connectivity index (χ2v) is 6.50. The summed E-state index contributed by atoms with van der Waals surface area (Å²) in [6.07, 6.45) is 0.164. The number of aryl methyl sites for hydroxylation is 2. The zero-order valence-corrected chi connectivity index (χ0v) is 16.1. The fraction of sp³-hybridized carbons (Fsp3) is 0.286. The van der Waals surface area contributed by atoms with Crippen molar-refractivity contribution in [1.29, 1.82) is 0 Å². The fourth-order valence-corrected chi connectivity index (χ4v) is 2.68. The monoisotopic (exact) mass is 367 g/mol. The van der Waals surface area contributed by atoms with Gasteiger partial charge in [0.05, 0.1) is 0 Å². The van der Waals surface area contributed by atoms with Crippen molar-refractivity contribution in [2.75, 3.05) is 22.1 Å². The second-order valence-electron chi connectivity index (χ2n) is 6.50. The van der Waals surface area contributed by atoms with E-state index in [1.54, 1.807) is 29.2 Å². The Balaban J connectivity index is 2.01. The van der Waals surface area contributed by atoms with E-state index in [-0.39, 0.29) is 30.7 Å². The first kappa shape index (κ1) is 20.2. The molecule has 0 saturated carbocycles. The van der Waals surface area contributed by atoms with Gasteiger partial charge in [-0.1, -0.05) is 12.1 Å². The van der Waals surface area contributed by atoms with E-state index < -0.39 is 0 Å². The Labute approximate surface area is 159 Å². The average Bonchev–Trinajstić information content (AvgIpc) is 2.57. The van der Waals surface area contributed by atoms with Gasteiger partial charge in [0.25, 0.3) is 0 Å². The van der Waals surface area contributed by atoms with Crippen LogP contribution in [0.3, 0.4) is 0 Å². The van der Waals surface area contributed by atoms with Crippen molar-refractivity contribution in [3.05, 3.63) is 53.6 Å². The van der Waals surface area contributed by atoms with Crippen molar-refractivity contribution >= 4 is 34.8 Å². The SMILES string of the molecule is CC(=O)Nc1cccc(NC(=O)CCN(C(C)=O)c2ccc(C)c(C)c2)c1. The minimum absolute atomic E-state index is 0.112. The molecule has 0 aliphatic heterocycles. The number of hydrogen-bond acceptors (Lipinski definition) is 3. The molecule has 2 aromatic carbocycles. The third-order valence-electron chi connectivity index (χ3n) is 4.21. The van der Waals surface area contributed by atoms with E-state index in [9.17, 15) is 14.4 Å². The molecule has 3 amide bonds. The molecule has 0 radical (unpaired) electrons. The van der Waals surface area contributed by atoms with Gasteiger partial charge < -0.3 is 15.5 Å². The lowest BCUT2D eigenvalue weighted by Crippen LogP contribution is -2.32. The number of carbonyl (C=O) groups is 3. The van der Waals surface area contributed by atoms with E-state index in [0.29, 0.717) is 11.4 Å². The molecule has 0 fully saturated rings.